The van der Waals surface area contributed by atoms with E-state index >= 15 is 0 Å². The maximum Gasteiger partial charge on any atom is 0.335 e. The Morgan fingerprint density at radius 3 is 2.73 bits per heavy atom. The molecule has 0 aliphatic heterocycles. The van der Waals surface area contributed by atoms with Gasteiger partial charge in [0.25, 0.3) is 5.69 Å². The van der Waals surface area contributed by atoms with Gasteiger partial charge in [-0.05, 0) is 47.2 Å². The van der Waals surface area contributed by atoms with Crippen LogP contribution in [0.3, 0.4) is 0 Å². The van der Waals surface area contributed by atoms with E-state index in [4.69, 9.17) is 5.11 Å². The number of allylic oxidation sites excluding steroid dienone is 1. The van der Waals surface area contributed by atoms with Crippen LogP contribution < -0.4 is 0 Å². The van der Waals surface area contributed by atoms with Crippen molar-refractivity contribution in [2.45, 2.75) is 12.8 Å². The van der Waals surface area contributed by atoms with Crippen molar-refractivity contribution in [1.82, 2.24) is 0 Å². The van der Waals surface area contributed by atoms with E-state index in [9.17, 15) is 14.9 Å². The zero-order chi connectivity index (χ0) is 15.7. The smallest absolute Gasteiger partial charge is 0.335 e. The van der Waals surface area contributed by atoms with E-state index in [0.29, 0.717) is 0 Å². The van der Waals surface area contributed by atoms with Gasteiger partial charge in [0.2, 0.25) is 0 Å². The topological polar surface area (TPSA) is 80.4 Å². The minimum atomic E-state index is -0.980. The molecule has 0 bridgehead atoms. The summed E-state index contributed by atoms with van der Waals surface area (Å²) in [4.78, 5) is 21.7. The fourth-order valence-electron chi connectivity index (χ4n) is 2.72. The van der Waals surface area contributed by atoms with Gasteiger partial charge in [-0.3, -0.25) is 10.1 Å². The standard InChI is InChI=1S/C17H13NO4/c19-17(20)13-8-7-11-3-2-6-15(16(11)10-13)12-4-1-5-14(9-12)18(21)22/h1,4-10H,2-3H2,(H,19,20). The lowest BCUT2D eigenvalue weighted by Gasteiger charge is -2.18. The van der Waals surface area contributed by atoms with E-state index in [1.54, 1.807) is 24.3 Å². The lowest BCUT2D eigenvalue weighted by Crippen LogP contribution is -2.05. The van der Waals surface area contributed by atoms with Gasteiger partial charge in [-0.1, -0.05) is 24.3 Å². The summed E-state index contributed by atoms with van der Waals surface area (Å²) in [7, 11) is 0. The Hall–Kier alpha value is -2.95. The Labute approximate surface area is 126 Å². The molecular formula is C17H13NO4. The zero-order valence-electron chi connectivity index (χ0n) is 11.7. The first-order chi connectivity index (χ1) is 10.6. The molecular weight excluding hydrogens is 282 g/mol. The van der Waals surface area contributed by atoms with Crippen molar-refractivity contribution in [3.05, 3.63) is 80.9 Å². The van der Waals surface area contributed by atoms with Crippen LogP contribution in [0.2, 0.25) is 0 Å². The van der Waals surface area contributed by atoms with E-state index in [0.717, 1.165) is 35.1 Å². The number of carboxylic acid groups (broad SMARTS) is 1. The van der Waals surface area contributed by atoms with E-state index in [-0.39, 0.29) is 11.3 Å². The highest BCUT2D eigenvalue weighted by molar-refractivity contribution is 5.91. The molecule has 5 heteroatoms. The van der Waals surface area contributed by atoms with Crippen LogP contribution in [0.25, 0.3) is 5.57 Å². The predicted molar refractivity (Wildman–Crippen MR) is 81.9 cm³/mol. The van der Waals surface area contributed by atoms with Crippen molar-refractivity contribution in [1.29, 1.82) is 0 Å². The molecule has 0 unspecified atom stereocenters. The Kier molecular flexibility index (Phi) is 3.47. The summed E-state index contributed by atoms with van der Waals surface area (Å²) in [6.07, 6.45) is 3.68. The van der Waals surface area contributed by atoms with E-state index in [1.165, 1.54) is 12.1 Å². The lowest BCUT2D eigenvalue weighted by atomic mass is 9.86. The van der Waals surface area contributed by atoms with Crippen LogP contribution in [-0.2, 0) is 6.42 Å². The minimum Gasteiger partial charge on any atom is -0.478 e. The van der Waals surface area contributed by atoms with E-state index in [1.807, 2.05) is 12.1 Å². The van der Waals surface area contributed by atoms with Crippen LogP contribution in [0.4, 0.5) is 5.69 Å². The van der Waals surface area contributed by atoms with Gasteiger partial charge < -0.3 is 5.11 Å². The number of fused-ring (bicyclic) bond motifs is 1. The number of benzene rings is 2. The molecule has 1 N–H and O–H groups in total. The number of nitro groups is 1. The highest BCUT2D eigenvalue weighted by Crippen LogP contribution is 2.33. The van der Waals surface area contributed by atoms with Gasteiger partial charge in [0.15, 0.2) is 0 Å². The second-order valence-electron chi connectivity index (χ2n) is 5.14. The predicted octanol–water partition coefficient (Wildman–Crippen LogP) is 3.67. The first-order valence-electron chi connectivity index (χ1n) is 6.88. The second-order valence-corrected chi connectivity index (χ2v) is 5.14. The normalized spacial score (nSPS) is 13.2. The Balaban J connectivity index is 2.12. The average molecular weight is 295 g/mol. The fourth-order valence-corrected chi connectivity index (χ4v) is 2.72. The summed E-state index contributed by atoms with van der Waals surface area (Å²) in [6, 6.07) is 11.5. The molecule has 0 saturated heterocycles. The number of carbonyl (C=O) groups is 1. The molecule has 110 valence electrons. The van der Waals surface area contributed by atoms with Crippen LogP contribution in [0, 0.1) is 10.1 Å². The number of hydrogen-bond donors (Lipinski definition) is 1. The van der Waals surface area contributed by atoms with Crippen LogP contribution in [0.15, 0.2) is 48.5 Å². The van der Waals surface area contributed by atoms with Gasteiger partial charge in [-0.15, -0.1) is 0 Å². The molecule has 0 amide bonds. The zero-order valence-corrected chi connectivity index (χ0v) is 11.7. The molecule has 0 saturated carbocycles. The molecule has 2 aromatic rings. The average Bonchev–Trinajstić information content (AvgIpc) is 2.53. The molecule has 0 heterocycles. The number of hydrogen-bond acceptors (Lipinski definition) is 3. The van der Waals surface area contributed by atoms with Gasteiger partial charge in [0.05, 0.1) is 10.5 Å². The summed E-state index contributed by atoms with van der Waals surface area (Å²) in [5.41, 5.74) is 3.74. The minimum absolute atomic E-state index is 0.0277. The summed E-state index contributed by atoms with van der Waals surface area (Å²) in [5, 5.41) is 20.1. The van der Waals surface area contributed by atoms with Gasteiger partial charge in [0, 0.05) is 12.1 Å². The van der Waals surface area contributed by atoms with E-state index in [2.05, 4.69) is 0 Å². The highest BCUT2D eigenvalue weighted by atomic mass is 16.6. The van der Waals surface area contributed by atoms with Gasteiger partial charge in [-0.25, -0.2) is 4.79 Å². The summed E-state index contributed by atoms with van der Waals surface area (Å²) in [5.74, 6) is -0.980. The Morgan fingerprint density at radius 1 is 1.18 bits per heavy atom. The second kappa shape index (κ2) is 5.44. The number of carboxylic acids is 1. The Bertz CT molecular complexity index is 808. The highest BCUT2D eigenvalue weighted by Gasteiger charge is 2.18. The quantitative estimate of drug-likeness (QED) is 0.692. The largest absolute Gasteiger partial charge is 0.478 e. The van der Waals surface area contributed by atoms with Crippen molar-refractivity contribution < 1.29 is 14.8 Å². The first kappa shape index (κ1) is 14.0. The van der Waals surface area contributed by atoms with Gasteiger partial charge in [-0.2, -0.15) is 0 Å². The Morgan fingerprint density at radius 2 is 2.00 bits per heavy atom. The SMILES string of the molecule is O=C(O)c1ccc2c(c1)C(c1cccc([N+](=O)[O-])c1)=CCC2. The molecule has 0 radical (unpaired) electrons. The molecule has 1 aliphatic rings. The van der Waals surface area contributed by atoms with Crippen molar-refractivity contribution in [2.24, 2.45) is 0 Å². The third kappa shape index (κ3) is 2.48. The van der Waals surface area contributed by atoms with Gasteiger partial charge in [0.1, 0.15) is 0 Å². The number of rotatable bonds is 3. The fraction of sp³-hybridized carbons (Fsp3) is 0.118. The van der Waals surface area contributed by atoms with Crippen LogP contribution >= 0.6 is 0 Å². The van der Waals surface area contributed by atoms with Crippen LogP contribution in [0.1, 0.15) is 33.5 Å². The van der Waals surface area contributed by atoms with Crippen molar-refractivity contribution in [3.8, 4) is 0 Å². The number of aromatic carboxylic acids is 1. The molecule has 3 rings (SSSR count). The first-order valence-corrected chi connectivity index (χ1v) is 6.88. The van der Waals surface area contributed by atoms with Crippen LogP contribution in [0.5, 0.6) is 0 Å². The summed E-state index contributed by atoms with van der Waals surface area (Å²) < 4.78 is 0. The van der Waals surface area contributed by atoms with Crippen molar-refractivity contribution in [3.63, 3.8) is 0 Å². The molecule has 0 fully saturated rings. The molecule has 1 aliphatic carbocycles. The summed E-state index contributed by atoms with van der Waals surface area (Å²) in [6.45, 7) is 0. The third-order valence-electron chi connectivity index (χ3n) is 3.78. The lowest BCUT2D eigenvalue weighted by molar-refractivity contribution is -0.384. The molecule has 0 atom stereocenters. The maximum absolute atomic E-state index is 11.2. The van der Waals surface area contributed by atoms with Crippen molar-refractivity contribution >= 4 is 17.2 Å². The molecule has 5 nitrogen and oxygen atoms in total. The number of nitro benzene ring substituents is 1. The van der Waals surface area contributed by atoms with E-state index < -0.39 is 10.9 Å². The van der Waals surface area contributed by atoms with Crippen molar-refractivity contribution in [2.75, 3.05) is 0 Å². The van der Waals surface area contributed by atoms with Crippen LogP contribution in [-0.4, -0.2) is 16.0 Å². The van der Waals surface area contributed by atoms with Gasteiger partial charge >= 0.3 is 5.97 Å². The number of non-ortho nitro benzene ring substituents is 1. The maximum atomic E-state index is 11.2. The third-order valence-corrected chi connectivity index (χ3v) is 3.78. The molecule has 22 heavy (non-hydrogen) atoms. The summed E-state index contributed by atoms with van der Waals surface area (Å²) >= 11 is 0. The molecule has 0 aromatic heterocycles. The number of aryl methyl sites for hydroxylation is 1. The number of nitrogens with zero attached hydrogens (tertiary/aromatic N) is 1. The monoisotopic (exact) mass is 295 g/mol. The molecule has 0 spiro atoms. The molecule has 2 aromatic carbocycles.